The number of nitrogens with one attached hydrogen (secondary N) is 1. The number of rotatable bonds is 7. The van der Waals surface area contributed by atoms with Crippen LogP contribution in [-0.2, 0) is 16.1 Å². The lowest BCUT2D eigenvalue weighted by molar-refractivity contribution is -0.133. The summed E-state index contributed by atoms with van der Waals surface area (Å²) in [5, 5.41) is 3.21. The van der Waals surface area contributed by atoms with Crippen LogP contribution in [0.1, 0.15) is 56.6 Å². The van der Waals surface area contributed by atoms with E-state index in [2.05, 4.69) is 10.3 Å². The molecular formula is C22H30N4O3. The zero-order chi connectivity index (χ0) is 20.4. The molecule has 1 aromatic heterocycles. The highest BCUT2D eigenvalue weighted by atomic mass is 16.5. The van der Waals surface area contributed by atoms with E-state index in [1.165, 1.54) is 0 Å². The van der Waals surface area contributed by atoms with E-state index in [9.17, 15) is 9.59 Å². The van der Waals surface area contributed by atoms with Gasteiger partial charge in [-0.25, -0.2) is 4.98 Å². The third-order valence-corrected chi connectivity index (χ3v) is 6.21. The van der Waals surface area contributed by atoms with Gasteiger partial charge in [-0.3, -0.25) is 9.59 Å². The zero-order valence-electron chi connectivity index (χ0n) is 17.3. The van der Waals surface area contributed by atoms with Crippen molar-refractivity contribution in [3.63, 3.8) is 0 Å². The molecule has 1 saturated carbocycles. The van der Waals surface area contributed by atoms with E-state index in [0.717, 1.165) is 36.7 Å². The molecule has 2 aromatic rings. The fourth-order valence-electron chi connectivity index (χ4n) is 4.56. The van der Waals surface area contributed by atoms with Crippen molar-refractivity contribution in [2.75, 3.05) is 19.8 Å². The molecule has 2 aliphatic rings. The Morgan fingerprint density at radius 2 is 2.07 bits per heavy atom. The summed E-state index contributed by atoms with van der Waals surface area (Å²) in [6, 6.07) is 7.92. The van der Waals surface area contributed by atoms with Gasteiger partial charge in [-0.2, -0.15) is 0 Å². The number of amides is 2. The SMILES string of the molecule is CCOCCCN1C(=O)c2nc3ccccc3n2CC1(C)C(=O)NC1CCCC1. The lowest BCUT2D eigenvalue weighted by atomic mass is 9.94. The number of nitrogens with zero attached hydrogens (tertiary/aromatic N) is 3. The predicted octanol–water partition coefficient (Wildman–Crippen LogP) is 2.74. The van der Waals surface area contributed by atoms with Crippen LogP contribution in [0, 0.1) is 0 Å². The molecule has 7 nitrogen and oxygen atoms in total. The van der Waals surface area contributed by atoms with Crippen LogP contribution in [-0.4, -0.2) is 57.6 Å². The first-order valence-electron chi connectivity index (χ1n) is 10.7. The fourth-order valence-corrected chi connectivity index (χ4v) is 4.56. The van der Waals surface area contributed by atoms with Crippen LogP contribution in [0.4, 0.5) is 0 Å². The molecule has 0 spiro atoms. The number of imidazole rings is 1. The topological polar surface area (TPSA) is 76.5 Å². The number of hydrogen-bond acceptors (Lipinski definition) is 4. The van der Waals surface area contributed by atoms with E-state index in [0.29, 0.717) is 38.5 Å². The number of hydrogen-bond donors (Lipinski definition) is 1. The number of benzene rings is 1. The van der Waals surface area contributed by atoms with Crippen LogP contribution in [0.3, 0.4) is 0 Å². The van der Waals surface area contributed by atoms with E-state index in [4.69, 9.17) is 4.74 Å². The molecule has 7 heteroatoms. The summed E-state index contributed by atoms with van der Waals surface area (Å²) in [7, 11) is 0. The van der Waals surface area contributed by atoms with E-state index in [-0.39, 0.29) is 17.9 Å². The van der Waals surface area contributed by atoms with Crippen molar-refractivity contribution in [1.29, 1.82) is 0 Å². The standard InChI is InChI=1S/C22H30N4O3/c1-3-29-14-8-13-26-20(27)19-24-17-11-6-7-12-18(17)25(19)15-22(26,2)21(28)23-16-9-4-5-10-16/h6-7,11-12,16H,3-5,8-10,13-15H2,1-2H3,(H,23,28). The predicted molar refractivity (Wildman–Crippen MR) is 111 cm³/mol. The van der Waals surface area contributed by atoms with Gasteiger partial charge in [-0.1, -0.05) is 25.0 Å². The lowest BCUT2D eigenvalue weighted by Crippen LogP contribution is -2.65. The number of para-hydroxylation sites is 2. The maximum atomic E-state index is 13.4. The highest BCUT2D eigenvalue weighted by Crippen LogP contribution is 2.31. The van der Waals surface area contributed by atoms with E-state index < -0.39 is 5.54 Å². The summed E-state index contributed by atoms with van der Waals surface area (Å²) < 4.78 is 7.36. The summed E-state index contributed by atoms with van der Waals surface area (Å²) in [4.78, 5) is 33.1. The van der Waals surface area contributed by atoms with Crippen LogP contribution in [0.15, 0.2) is 24.3 Å². The first-order chi connectivity index (χ1) is 14.0. The molecule has 1 aromatic carbocycles. The minimum absolute atomic E-state index is 0.0717. The van der Waals surface area contributed by atoms with Crippen molar-refractivity contribution in [3.05, 3.63) is 30.1 Å². The summed E-state index contributed by atoms with van der Waals surface area (Å²) in [6.45, 7) is 5.92. The molecule has 29 heavy (non-hydrogen) atoms. The largest absolute Gasteiger partial charge is 0.382 e. The molecule has 2 amide bonds. The quantitative estimate of drug-likeness (QED) is 0.728. The molecule has 4 rings (SSSR count). The Labute approximate surface area is 171 Å². The third-order valence-electron chi connectivity index (χ3n) is 6.21. The van der Waals surface area contributed by atoms with Crippen molar-refractivity contribution in [1.82, 2.24) is 19.8 Å². The fraction of sp³-hybridized carbons (Fsp3) is 0.591. The summed E-state index contributed by atoms with van der Waals surface area (Å²) in [5.74, 6) is 0.152. The maximum absolute atomic E-state index is 13.4. The first kappa shape index (κ1) is 19.9. The van der Waals surface area contributed by atoms with Gasteiger partial charge in [0.15, 0.2) is 5.82 Å². The van der Waals surface area contributed by atoms with Gasteiger partial charge in [0.05, 0.1) is 17.6 Å². The van der Waals surface area contributed by atoms with Crippen molar-refractivity contribution in [2.24, 2.45) is 0 Å². The van der Waals surface area contributed by atoms with Crippen LogP contribution in [0.2, 0.25) is 0 Å². The van der Waals surface area contributed by atoms with Crippen molar-refractivity contribution in [3.8, 4) is 0 Å². The number of carbonyl (C=O) groups is 2. The number of fused-ring (bicyclic) bond motifs is 3. The normalized spacial score (nSPS) is 22.3. The summed E-state index contributed by atoms with van der Waals surface area (Å²) >= 11 is 0. The Balaban J connectivity index is 1.67. The summed E-state index contributed by atoms with van der Waals surface area (Å²) in [6.07, 6.45) is 5.01. The van der Waals surface area contributed by atoms with Crippen LogP contribution in [0.25, 0.3) is 11.0 Å². The second-order valence-corrected chi connectivity index (χ2v) is 8.25. The Morgan fingerprint density at radius 3 is 2.83 bits per heavy atom. The third kappa shape index (κ3) is 3.64. The van der Waals surface area contributed by atoms with Gasteiger partial charge in [0.2, 0.25) is 5.91 Å². The van der Waals surface area contributed by atoms with Gasteiger partial charge in [-0.05, 0) is 45.2 Å². The molecule has 0 bridgehead atoms. The molecule has 1 aliphatic carbocycles. The average Bonchev–Trinajstić information content (AvgIpc) is 3.35. The second kappa shape index (κ2) is 8.14. The summed E-state index contributed by atoms with van der Waals surface area (Å²) in [5.41, 5.74) is 0.720. The Morgan fingerprint density at radius 1 is 1.31 bits per heavy atom. The monoisotopic (exact) mass is 398 g/mol. The molecule has 156 valence electrons. The molecular weight excluding hydrogens is 368 g/mol. The second-order valence-electron chi connectivity index (χ2n) is 8.25. The molecule has 1 atom stereocenters. The smallest absolute Gasteiger partial charge is 0.290 e. The van der Waals surface area contributed by atoms with Gasteiger partial charge >= 0.3 is 0 Å². The molecule has 1 aliphatic heterocycles. The molecule has 1 fully saturated rings. The number of ether oxygens (including phenoxy) is 1. The minimum Gasteiger partial charge on any atom is -0.382 e. The molecule has 1 N–H and O–H groups in total. The lowest BCUT2D eigenvalue weighted by Gasteiger charge is -2.44. The van der Waals surface area contributed by atoms with E-state index >= 15 is 0 Å². The molecule has 2 heterocycles. The molecule has 0 radical (unpaired) electrons. The number of carbonyl (C=O) groups excluding carboxylic acids is 2. The Bertz CT molecular complexity index is 903. The van der Waals surface area contributed by atoms with Gasteiger partial charge in [0.1, 0.15) is 5.54 Å². The maximum Gasteiger partial charge on any atom is 0.290 e. The van der Waals surface area contributed by atoms with Gasteiger partial charge in [-0.15, -0.1) is 0 Å². The zero-order valence-corrected chi connectivity index (χ0v) is 17.3. The van der Waals surface area contributed by atoms with Crippen molar-refractivity contribution >= 4 is 22.8 Å². The Kier molecular flexibility index (Phi) is 5.58. The van der Waals surface area contributed by atoms with Crippen molar-refractivity contribution in [2.45, 2.75) is 64.1 Å². The number of aromatic nitrogens is 2. The minimum atomic E-state index is -0.956. The molecule has 0 saturated heterocycles. The molecule has 1 unspecified atom stereocenters. The van der Waals surface area contributed by atoms with Gasteiger partial charge < -0.3 is 19.5 Å². The van der Waals surface area contributed by atoms with Gasteiger partial charge in [0.25, 0.3) is 5.91 Å². The highest BCUT2D eigenvalue weighted by Gasteiger charge is 2.48. The van der Waals surface area contributed by atoms with Crippen LogP contribution >= 0.6 is 0 Å². The average molecular weight is 399 g/mol. The van der Waals surface area contributed by atoms with E-state index in [1.54, 1.807) is 4.90 Å². The van der Waals surface area contributed by atoms with Crippen LogP contribution < -0.4 is 5.32 Å². The highest BCUT2D eigenvalue weighted by molar-refractivity contribution is 6.01. The van der Waals surface area contributed by atoms with E-state index in [1.807, 2.05) is 42.7 Å². The Hall–Kier alpha value is -2.41. The van der Waals surface area contributed by atoms with Crippen LogP contribution in [0.5, 0.6) is 0 Å². The van der Waals surface area contributed by atoms with Gasteiger partial charge in [0, 0.05) is 25.8 Å². The first-order valence-corrected chi connectivity index (χ1v) is 10.7. The van der Waals surface area contributed by atoms with Crippen molar-refractivity contribution < 1.29 is 14.3 Å².